The van der Waals surface area contributed by atoms with Crippen molar-refractivity contribution in [3.05, 3.63) is 4.77 Å². The Labute approximate surface area is 81.6 Å². The highest BCUT2D eigenvalue weighted by Crippen LogP contribution is 2.06. The first kappa shape index (κ1) is 9.74. The number of aromatic amines is 1. The summed E-state index contributed by atoms with van der Waals surface area (Å²) >= 11 is 4.96. The van der Waals surface area contributed by atoms with Gasteiger partial charge in [-0.05, 0) is 12.2 Å². The molecule has 0 aliphatic heterocycles. The number of hydrogen-bond donors (Lipinski definition) is 1. The van der Waals surface area contributed by atoms with Gasteiger partial charge in [-0.2, -0.15) is 5.26 Å². The van der Waals surface area contributed by atoms with Gasteiger partial charge in [-0.25, -0.2) is 5.10 Å². The molecule has 1 rings (SSSR count). The molecule has 0 bridgehead atoms. The van der Waals surface area contributed by atoms with E-state index in [1.807, 2.05) is 19.0 Å². The van der Waals surface area contributed by atoms with E-state index in [4.69, 9.17) is 17.5 Å². The van der Waals surface area contributed by atoms with Crippen molar-refractivity contribution in [2.24, 2.45) is 7.05 Å². The van der Waals surface area contributed by atoms with Gasteiger partial charge in [0, 0.05) is 20.6 Å². The van der Waals surface area contributed by atoms with Crippen molar-refractivity contribution in [2.75, 3.05) is 18.5 Å². The highest BCUT2D eigenvalue weighted by atomic mass is 32.1. The van der Waals surface area contributed by atoms with Crippen molar-refractivity contribution in [1.82, 2.24) is 14.8 Å². The van der Waals surface area contributed by atoms with E-state index in [0.29, 0.717) is 17.7 Å². The van der Waals surface area contributed by atoms with Crippen LogP contribution >= 0.6 is 12.2 Å². The molecule has 0 saturated carbocycles. The summed E-state index contributed by atoms with van der Waals surface area (Å²) < 4.78 is 2.35. The monoisotopic (exact) mass is 197 g/mol. The summed E-state index contributed by atoms with van der Waals surface area (Å²) in [6.07, 6.45) is 0.482. The Morgan fingerprint density at radius 2 is 2.46 bits per heavy atom. The van der Waals surface area contributed by atoms with Gasteiger partial charge in [-0.3, -0.25) is 4.57 Å². The molecule has 1 aromatic heterocycles. The maximum atomic E-state index is 8.40. The summed E-state index contributed by atoms with van der Waals surface area (Å²) in [4.78, 5) is 1.88. The van der Waals surface area contributed by atoms with Crippen LogP contribution in [-0.4, -0.2) is 28.4 Å². The van der Waals surface area contributed by atoms with Crippen LogP contribution in [0.1, 0.15) is 6.42 Å². The summed E-state index contributed by atoms with van der Waals surface area (Å²) in [6, 6.07) is 2.08. The van der Waals surface area contributed by atoms with E-state index in [0.717, 1.165) is 5.95 Å². The Morgan fingerprint density at radius 3 is 2.92 bits per heavy atom. The lowest BCUT2D eigenvalue weighted by Gasteiger charge is -2.14. The predicted octanol–water partition coefficient (Wildman–Crippen LogP) is 0.828. The third-order valence-corrected chi connectivity index (χ3v) is 2.12. The lowest BCUT2D eigenvalue weighted by molar-refractivity contribution is 0.799. The number of anilines is 1. The van der Waals surface area contributed by atoms with E-state index in [-0.39, 0.29) is 0 Å². The molecule has 0 atom stereocenters. The van der Waals surface area contributed by atoms with Gasteiger partial charge in [0.15, 0.2) is 4.77 Å². The second-order valence-electron chi connectivity index (χ2n) is 2.72. The number of nitrogens with one attached hydrogen (secondary N) is 1. The molecule has 0 aliphatic carbocycles. The molecule has 0 unspecified atom stereocenters. The van der Waals surface area contributed by atoms with Crippen molar-refractivity contribution < 1.29 is 0 Å². The predicted molar refractivity (Wildman–Crippen MR) is 51.9 cm³/mol. The highest BCUT2D eigenvalue weighted by Gasteiger charge is 2.06. The maximum absolute atomic E-state index is 8.40. The van der Waals surface area contributed by atoms with Crippen LogP contribution in [0.4, 0.5) is 5.95 Å². The normalized spacial score (nSPS) is 9.62. The Kier molecular flexibility index (Phi) is 3.03. The van der Waals surface area contributed by atoms with E-state index < -0.39 is 0 Å². The topological polar surface area (TPSA) is 60.6 Å². The number of aromatic nitrogens is 3. The highest BCUT2D eigenvalue weighted by molar-refractivity contribution is 7.71. The number of nitrogens with zero attached hydrogens (tertiary/aromatic N) is 4. The van der Waals surface area contributed by atoms with Crippen LogP contribution in [0.3, 0.4) is 0 Å². The molecule has 0 aromatic carbocycles. The number of hydrogen-bond acceptors (Lipinski definition) is 4. The molecule has 1 aromatic rings. The van der Waals surface area contributed by atoms with E-state index in [9.17, 15) is 0 Å². The fraction of sp³-hybridized carbons (Fsp3) is 0.571. The molecule has 1 N–H and O–H groups in total. The Morgan fingerprint density at radius 1 is 1.77 bits per heavy atom. The molecule has 13 heavy (non-hydrogen) atoms. The van der Waals surface area contributed by atoms with Crippen molar-refractivity contribution >= 4 is 18.2 Å². The summed E-state index contributed by atoms with van der Waals surface area (Å²) in [6.45, 7) is 0.657. The third-order valence-electron chi connectivity index (χ3n) is 1.76. The molecule has 0 fully saturated rings. The van der Waals surface area contributed by atoms with Crippen LogP contribution in [0.5, 0.6) is 0 Å². The van der Waals surface area contributed by atoms with E-state index >= 15 is 0 Å². The zero-order valence-electron chi connectivity index (χ0n) is 7.61. The first-order valence-corrected chi connectivity index (χ1v) is 4.27. The van der Waals surface area contributed by atoms with Crippen LogP contribution in [0.15, 0.2) is 0 Å². The lowest BCUT2D eigenvalue weighted by Crippen LogP contribution is -2.21. The minimum Gasteiger partial charge on any atom is -0.343 e. The van der Waals surface area contributed by atoms with Gasteiger partial charge in [-0.15, -0.1) is 5.10 Å². The second-order valence-corrected chi connectivity index (χ2v) is 3.10. The molecular weight excluding hydrogens is 186 g/mol. The van der Waals surface area contributed by atoms with Crippen molar-refractivity contribution in [3.8, 4) is 6.07 Å². The van der Waals surface area contributed by atoms with Crippen molar-refractivity contribution in [2.45, 2.75) is 6.42 Å². The maximum Gasteiger partial charge on any atom is 0.225 e. The van der Waals surface area contributed by atoms with Crippen molar-refractivity contribution in [1.29, 1.82) is 5.26 Å². The minimum absolute atomic E-state index is 0.482. The fourth-order valence-corrected chi connectivity index (χ4v) is 1.13. The summed E-state index contributed by atoms with van der Waals surface area (Å²) in [5, 5.41) is 15.1. The van der Waals surface area contributed by atoms with Gasteiger partial charge < -0.3 is 4.90 Å². The molecule has 0 amide bonds. The van der Waals surface area contributed by atoms with E-state index in [2.05, 4.69) is 16.3 Å². The van der Waals surface area contributed by atoms with Gasteiger partial charge in [0.2, 0.25) is 5.95 Å². The summed E-state index contributed by atoms with van der Waals surface area (Å²) in [7, 11) is 3.71. The summed E-state index contributed by atoms with van der Waals surface area (Å²) in [5.74, 6) is 0.750. The fourth-order valence-electron chi connectivity index (χ4n) is 0.998. The Balaban J connectivity index is 2.78. The van der Waals surface area contributed by atoms with Gasteiger partial charge in [-0.1, -0.05) is 0 Å². The molecular formula is C7H11N5S. The molecule has 0 radical (unpaired) electrons. The number of H-pyrrole nitrogens is 1. The number of nitriles is 1. The summed E-state index contributed by atoms with van der Waals surface area (Å²) in [5.41, 5.74) is 0. The largest absolute Gasteiger partial charge is 0.343 e. The molecule has 70 valence electrons. The first-order valence-electron chi connectivity index (χ1n) is 3.86. The molecule has 6 heteroatoms. The SMILES string of the molecule is CN(CCC#N)c1n[nH]c(=S)n1C. The van der Waals surface area contributed by atoms with Crippen molar-refractivity contribution in [3.63, 3.8) is 0 Å². The second kappa shape index (κ2) is 4.05. The third kappa shape index (κ3) is 2.06. The van der Waals surface area contributed by atoms with Gasteiger partial charge in [0.25, 0.3) is 0 Å². The minimum atomic E-state index is 0.482. The smallest absolute Gasteiger partial charge is 0.225 e. The zero-order valence-corrected chi connectivity index (χ0v) is 8.43. The average molecular weight is 197 g/mol. The Hall–Kier alpha value is -1.35. The number of rotatable bonds is 3. The Bertz CT molecular complexity index is 371. The van der Waals surface area contributed by atoms with Crippen LogP contribution in [0.25, 0.3) is 0 Å². The van der Waals surface area contributed by atoms with Crippen LogP contribution < -0.4 is 4.90 Å². The van der Waals surface area contributed by atoms with Crippen LogP contribution in [0, 0.1) is 16.1 Å². The van der Waals surface area contributed by atoms with Gasteiger partial charge in [0.1, 0.15) is 0 Å². The molecule has 0 saturated heterocycles. The molecule has 0 aliphatic rings. The quantitative estimate of drug-likeness (QED) is 0.729. The van der Waals surface area contributed by atoms with E-state index in [1.165, 1.54) is 0 Å². The zero-order chi connectivity index (χ0) is 9.84. The van der Waals surface area contributed by atoms with E-state index in [1.54, 1.807) is 4.57 Å². The average Bonchev–Trinajstić information content (AvgIpc) is 2.44. The van der Waals surface area contributed by atoms with Gasteiger partial charge >= 0.3 is 0 Å². The lowest BCUT2D eigenvalue weighted by atomic mass is 10.4. The van der Waals surface area contributed by atoms with Gasteiger partial charge in [0.05, 0.1) is 12.5 Å². The first-order chi connectivity index (χ1) is 6.16. The molecule has 5 nitrogen and oxygen atoms in total. The van der Waals surface area contributed by atoms with Crippen LogP contribution in [0.2, 0.25) is 0 Å². The standard InChI is InChI=1S/C7H11N5S/c1-11(5-3-4-8)6-9-10-7(13)12(6)2/h3,5H2,1-2H3,(H,10,13). The molecule has 1 heterocycles. The van der Waals surface area contributed by atoms with Crippen LogP contribution in [-0.2, 0) is 7.05 Å². The molecule has 0 spiro atoms.